The lowest BCUT2D eigenvalue weighted by Gasteiger charge is -2.32. The van der Waals surface area contributed by atoms with Crippen molar-refractivity contribution in [2.45, 2.75) is 46.6 Å². The van der Waals surface area contributed by atoms with Gasteiger partial charge < -0.3 is 10.2 Å². The van der Waals surface area contributed by atoms with E-state index in [0.717, 1.165) is 35.4 Å². The van der Waals surface area contributed by atoms with Gasteiger partial charge in [-0.05, 0) is 52.7 Å². The largest absolute Gasteiger partial charge is 0.349 e. The number of piperidine rings is 1. The summed E-state index contributed by atoms with van der Waals surface area (Å²) in [4.78, 5) is 27.5. The molecule has 2 amide bonds. The molecule has 1 aromatic heterocycles. The first kappa shape index (κ1) is 20.1. The Morgan fingerprint density at radius 2 is 1.86 bits per heavy atom. The number of aromatic nitrogens is 2. The molecule has 1 aliphatic rings. The molecule has 0 spiro atoms. The number of likely N-dealkylation sites (tertiary alicyclic amines) is 1. The number of benzene rings is 1. The summed E-state index contributed by atoms with van der Waals surface area (Å²) in [5.74, 6) is -0.163. The molecule has 1 N–H and O–H groups in total. The van der Waals surface area contributed by atoms with Crippen molar-refractivity contribution >= 4 is 11.8 Å². The molecule has 1 saturated heterocycles. The maximum absolute atomic E-state index is 12.9. The van der Waals surface area contributed by atoms with Crippen molar-refractivity contribution in [2.75, 3.05) is 13.1 Å². The van der Waals surface area contributed by atoms with Gasteiger partial charge in [-0.1, -0.05) is 17.7 Å². The zero-order chi connectivity index (χ0) is 20.4. The summed E-state index contributed by atoms with van der Waals surface area (Å²) in [5, 5.41) is 7.58. The van der Waals surface area contributed by atoms with Gasteiger partial charge in [0.1, 0.15) is 0 Å². The molecule has 0 bridgehead atoms. The summed E-state index contributed by atoms with van der Waals surface area (Å²) < 4.78 is 1.84. The molecule has 2 atom stereocenters. The number of hydrogen-bond acceptors (Lipinski definition) is 3. The number of nitrogens with one attached hydrogen (secondary N) is 1. The van der Waals surface area contributed by atoms with E-state index in [1.807, 2.05) is 68.6 Å². The number of amides is 2. The average molecular weight is 383 g/mol. The second-order valence-corrected chi connectivity index (χ2v) is 7.89. The quantitative estimate of drug-likeness (QED) is 0.884. The predicted molar refractivity (Wildman–Crippen MR) is 109 cm³/mol. The van der Waals surface area contributed by atoms with E-state index in [0.29, 0.717) is 18.7 Å². The molecule has 2 aromatic rings. The van der Waals surface area contributed by atoms with E-state index in [2.05, 4.69) is 10.4 Å². The van der Waals surface area contributed by atoms with E-state index < -0.39 is 0 Å². The highest BCUT2D eigenvalue weighted by Gasteiger charge is 2.30. The van der Waals surface area contributed by atoms with E-state index in [9.17, 15) is 9.59 Å². The molecule has 150 valence electrons. The van der Waals surface area contributed by atoms with Crippen molar-refractivity contribution in [1.82, 2.24) is 20.0 Å². The average Bonchev–Trinajstić information content (AvgIpc) is 2.93. The number of carbonyl (C=O) groups excluding carboxylic acids is 2. The molecule has 3 rings (SSSR count). The third kappa shape index (κ3) is 4.11. The third-order valence-electron chi connectivity index (χ3n) is 5.73. The van der Waals surface area contributed by atoms with Gasteiger partial charge >= 0.3 is 0 Å². The predicted octanol–water partition coefficient (Wildman–Crippen LogP) is 3.07. The van der Waals surface area contributed by atoms with Crippen LogP contribution in [0.3, 0.4) is 0 Å². The van der Waals surface area contributed by atoms with Crippen molar-refractivity contribution in [2.24, 2.45) is 13.0 Å². The molecule has 0 aliphatic carbocycles. The van der Waals surface area contributed by atoms with Gasteiger partial charge in [0.25, 0.3) is 5.91 Å². The lowest BCUT2D eigenvalue weighted by molar-refractivity contribution is -0.127. The summed E-state index contributed by atoms with van der Waals surface area (Å²) in [6, 6.07) is 7.50. The van der Waals surface area contributed by atoms with Gasteiger partial charge in [0.15, 0.2) is 0 Å². The van der Waals surface area contributed by atoms with Gasteiger partial charge in [0.05, 0.1) is 17.7 Å². The van der Waals surface area contributed by atoms with Crippen molar-refractivity contribution in [1.29, 1.82) is 0 Å². The van der Waals surface area contributed by atoms with Crippen LogP contribution in [0.5, 0.6) is 0 Å². The van der Waals surface area contributed by atoms with E-state index in [1.54, 1.807) is 0 Å². The van der Waals surface area contributed by atoms with E-state index in [4.69, 9.17) is 0 Å². The first-order valence-electron chi connectivity index (χ1n) is 9.94. The molecule has 2 heterocycles. The Labute approximate surface area is 166 Å². The fraction of sp³-hybridized carbons (Fsp3) is 0.500. The highest BCUT2D eigenvalue weighted by Crippen LogP contribution is 2.23. The molecule has 1 aliphatic heterocycles. The Hall–Kier alpha value is -2.63. The first-order valence-corrected chi connectivity index (χ1v) is 9.94. The van der Waals surface area contributed by atoms with Gasteiger partial charge in [-0.15, -0.1) is 0 Å². The number of hydrogen-bond donors (Lipinski definition) is 1. The maximum Gasteiger partial charge on any atom is 0.253 e. The molecule has 6 nitrogen and oxygen atoms in total. The first-order chi connectivity index (χ1) is 13.3. The number of nitrogens with zero attached hydrogens (tertiary/aromatic N) is 3. The third-order valence-corrected chi connectivity index (χ3v) is 5.73. The summed E-state index contributed by atoms with van der Waals surface area (Å²) in [6.07, 6.45) is 1.65. The molecule has 28 heavy (non-hydrogen) atoms. The van der Waals surface area contributed by atoms with Gasteiger partial charge in [0.2, 0.25) is 5.91 Å². The van der Waals surface area contributed by atoms with Crippen molar-refractivity contribution in [3.63, 3.8) is 0 Å². The zero-order valence-corrected chi connectivity index (χ0v) is 17.5. The van der Waals surface area contributed by atoms with Crippen LogP contribution in [0.25, 0.3) is 0 Å². The van der Waals surface area contributed by atoms with Crippen LogP contribution < -0.4 is 5.32 Å². The van der Waals surface area contributed by atoms with Crippen LogP contribution in [0.2, 0.25) is 0 Å². The fourth-order valence-electron chi connectivity index (χ4n) is 4.07. The summed E-state index contributed by atoms with van der Waals surface area (Å²) in [7, 11) is 1.91. The number of carbonyl (C=O) groups is 2. The summed E-state index contributed by atoms with van der Waals surface area (Å²) in [6.45, 7) is 9.15. The second-order valence-electron chi connectivity index (χ2n) is 7.89. The molecule has 2 unspecified atom stereocenters. The van der Waals surface area contributed by atoms with E-state index in [-0.39, 0.29) is 23.8 Å². The van der Waals surface area contributed by atoms with Crippen molar-refractivity contribution in [3.8, 4) is 0 Å². The van der Waals surface area contributed by atoms with Crippen LogP contribution in [-0.4, -0.2) is 39.6 Å². The van der Waals surface area contributed by atoms with Gasteiger partial charge in [-0.2, -0.15) is 5.10 Å². The fourth-order valence-corrected chi connectivity index (χ4v) is 4.07. The van der Waals surface area contributed by atoms with Crippen LogP contribution >= 0.6 is 0 Å². The molecule has 0 saturated carbocycles. The van der Waals surface area contributed by atoms with Crippen molar-refractivity contribution < 1.29 is 9.59 Å². The topological polar surface area (TPSA) is 67.2 Å². The summed E-state index contributed by atoms with van der Waals surface area (Å²) >= 11 is 0. The van der Waals surface area contributed by atoms with Gasteiger partial charge in [0, 0.05) is 37.0 Å². The minimum atomic E-state index is -0.178. The molecule has 0 radical (unpaired) electrons. The summed E-state index contributed by atoms with van der Waals surface area (Å²) in [5.41, 5.74) is 4.88. The Bertz CT molecular complexity index is 869. The van der Waals surface area contributed by atoms with Crippen LogP contribution in [0.4, 0.5) is 0 Å². The maximum atomic E-state index is 12.9. The molecular weight excluding hydrogens is 352 g/mol. The Kier molecular flexibility index (Phi) is 5.87. The lowest BCUT2D eigenvalue weighted by Crippen LogP contribution is -2.46. The highest BCUT2D eigenvalue weighted by atomic mass is 16.2. The normalized spacial score (nSPS) is 18.0. The van der Waals surface area contributed by atoms with Crippen LogP contribution in [0.15, 0.2) is 24.3 Å². The molecule has 1 aromatic carbocycles. The SMILES string of the molecule is Cc1ccc(C(=O)N2CCCC(C(=O)NC(C)c3c(C)nn(C)c3C)C2)cc1. The van der Waals surface area contributed by atoms with Crippen LogP contribution in [0, 0.1) is 26.7 Å². The van der Waals surface area contributed by atoms with Crippen LogP contribution in [0.1, 0.15) is 58.7 Å². The standard InChI is InChI=1S/C22H30N4O2/c1-14-8-10-18(11-9-14)22(28)26-12-6-7-19(13-26)21(27)23-15(2)20-16(3)24-25(5)17(20)4/h8-11,15,19H,6-7,12-13H2,1-5H3,(H,23,27). The van der Waals surface area contributed by atoms with E-state index >= 15 is 0 Å². The Morgan fingerprint density at radius 1 is 1.18 bits per heavy atom. The van der Waals surface area contributed by atoms with E-state index in [1.165, 1.54) is 0 Å². The number of aryl methyl sites for hydroxylation is 3. The Balaban J connectivity index is 1.65. The second kappa shape index (κ2) is 8.17. The number of rotatable bonds is 4. The monoisotopic (exact) mass is 382 g/mol. The van der Waals surface area contributed by atoms with Gasteiger partial charge in [-0.3, -0.25) is 14.3 Å². The lowest BCUT2D eigenvalue weighted by atomic mass is 9.95. The van der Waals surface area contributed by atoms with Gasteiger partial charge in [-0.25, -0.2) is 0 Å². The minimum Gasteiger partial charge on any atom is -0.349 e. The smallest absolute Gasteiger partial charge is 0.253 e. The Morgan fingerprint density at radius 3 is 2.46 bits per heavy atom. The highest BCUT2D eigenvalue weighted by molar-refractivity contribution is 5.94. The van der Waals surface area contributed by atoms with Crippen molar-refractivity contribution in [3.05, 3.63) is 52.3 Å². The zero-order valence-electron chi connectivity index (χ0n) is 17.5. The molecular formula is C22H30N4O2. The molecule has 1 fully saturated rings. The minimum absolute atomic E-state index is 0.00416. The molecule has 6 heteroatoms. The van der Waals surface area contributed by atoms with Crippen LogP contribution in [-0.2, 0) is 11.8 Å².